The minimum absolute atomic E-state index is 0.231. The van der Waals surface area contributed by atoms with Crippen molar-refractivity contribution in [3.63, 3.8) is 0 Å². The minimum atomic E-state index is -4.96. The molecule has 7 nitrogen and oxygen atoms in total. The second-order valence-corrected chi connectivity index (χ2v) is 8.60. The van der Waals surface area contributed by atoms with Crippen molar-refractivity contribution in [1.29, 1.82) is 5.41 Å². The summed E-state index contributed by atoms with van der Waals surface area (Å²) in [6, 6.07) is 6.55. The molecule has 1 heterocycles. The number of aliphatic imine (C=N–C) groups is 1. The Kier molecular flexibility index (Phi) is 14.6. The summed E-state index contributed by atoms with van der Waals surface area (Å²) in [4.78, 5) is 9.02. The number of hydrogen-bond acceptors (Lipinski definition) is 6. The largest absolute Gasteiger partial charge is 0.573 e. The Morgan fingerprint density at radius 1 is 1.18 bits per heavy atom. The molecule has 1 aromatic carbocycles. The molecule has 1 atom stereocenters. The maximum absolute atomic E-state index is 13.9. The predicted molar refractivity (Wildman–Crippen MR) is 149 cm³/mol. The van der Waals surface area contributed by atoms with Gasteiger partial charge in [-0.25, -0.2) is 14.4 Å². The Labute approximate surface area is 228 Å². The zero-order chi connectivity index (χ0) is 29.4. The molecule has 0 aliphatic heterocycles. The van der Waals surface area contributed by atoms with E-state index in [0.717, 1.165) is 56.2 Å². The van der Waals surface area contributed by atoms with Crippen LogP contribution in [0.2, 0.25) is 0 Å². The number of alkyl halides is 3. The number of pyridine rings is 1. The van der Waals surface area contributed by atoms with E-state index in [1.165, 1.54) is 6.07 Å². The first-order chi connectivity index (χ1) is 18.5. The summed E-state index contributed by atoms with van der Waals surface area (Å²) >= 11 is 0. The Balaban J connectivity index is 0.00000113. The van der Waals surface area contributed by atoms with Gasteiger partial charge in [-0.05, 0) is 50.5 Å². The molecule has 4 N–H and O–H groups in total. The van der Waals surface area contributed by atoms with Gasteiger partial charge in [-0.3, -0.25) is 5.41 Å². The molecule has 0 aliphatic rings. The van der Waals surface area contributed by atoms with Crippen molar-refractivity contribution >= 4 is 28.9 Å². The van der Waals surface area contributed by atoms with E-state index in [9.17, 15) is 17.6 Å². The SMILES string of the molecule is CC=C(N=C(OC)[C@@H](CC)CCCC)c1ccc(Nc2ccc(OC(F)(F)F)c(F)c2)nc1.CCCC(=N)N. The highest BCUT2D eigenvalue weighted by Crippen LogP contribution is 2.29. The zero-order valence-electron chi connectivity index (χ0n) is 23.2. The number of ether oxygens (including phenoxy) is 2. The van der Waals surface area contributed by atoms with E-state index < -0.39 is 17.9 Å². The number of rotatable bonds is 12. The van der Waals surface area contributed by atoms with Crippen LogP contribution >= 0.6 is 0 Å². The lowest BCUT2D eigenvalue weighted by atomic mass is 9.99. The fourth-order valence-corrected chi connectivity index (χ4v) is 3.49. The minimum Gasteiger partial charge on any atom is -0.484 e. The third-order valence-corrected chi connectivity index (χ3v) is 5.47. The zero-order valence-corrected chi connectivity index (χ0v) is 23.2. The number of unbranched alkanes of at least 4 members (excludes halogenated alkanes) is 1. The molecular weight excluding hydrogens is 514 g/mol. The van der Waals surface area contributed by atoms with Gasteiger partial charge < -0.3 is 20.5 Å². The second kappa shape index (κ2) is 17.1. The fraction of sp³-hybridized carbons (Fsp3) is 0.464. The molecule has 216 valence electrons. The van der Waals surface area contributed by atoms with Gasteiger partial charge in [0.1, 0.15) is 5.82 Å². The van der Waals surface area contributed by atoms with Gasteiger partial charge >= 0.3 is 6.36 Å². The number of amidine groups is 1. The van der Waals surface area contributed by atoms with Crippen LogP contribution in [0.4, 0.5) is 29.1 Å². The number of aromatic nitrogens is 1. The summed E-state index contributed by atoms with van der Waals surface area (Å²) in [5, 5.41) is 9.53. The smallest absolute Gasteiger partial charge is 0.484 e. The average molecular weight is 554 g/mol. The monoisotopic (exact) mass is 553 g/mol. The van der Waals surface area contributed by atoms with Crippen molar-refractivity contribution in [3.8, 4) is 5.75 Å². The van der Waals surface area contributed by atoms with E-state index in [1.54, 1.807) is 25.4 Å². The summed E-state index contributed by atoms with van der Waals surface area (Å²) in [6.45, 7) is 8.13. The van der Waals surface area contributed by atoms with Gasteiger partial charge in [0.2, 0.25) is 0 Å². The second-order valence-electron chi connectivity index (χ2n) is 8.60. The molecule has 0 unspecified atom stereocenters. The van der Waals surface area contributed by atoms with Crippen LogP contribution in [0.1, 0.15) is 71.8 Å². The number of hydrogen-bond donors (Lipinski definition) is 3. The summed E-state index contributed by atoms with van der Waals surface area (Å²) in [5.41, 5.74) is 6.69. The number of nitrogens with zero attached hydrogens (tertiary/aromatic N) is 2. The normalized spacial score (nSPS) is 12.7. The molecule has 0 saturated heterocycles. The van der Waals surface area contributed by atoms with Gasteiger partial charge in [0, 0.05) is 35.9 Å². The van der Waals surface area contributed by atoms with Gasteiger partial charge in [-0.1, -0.05) is 39.7 Å². The number of halogens is 4. The molecule has 11 heteroatoms. The van der Waals surface area contributed by atoms with Gasteiger partial charge in [0.05, 0.1) is 18.6 Å². The van der Waals surface area contributed by atoms with Crippen LogP contribution < -0.4 is 15.8 Å². The van der Waals surface area contributed by atoms with Crippen LogP contribution in [-0.2, 0) is 4.74 Å². The van der Waals surface area contributed by atoms with Gasteiger partial charge in [0.15, 0.2) is 17.5 Å². The maximum atomic E-state index is 13.9. The lowest BCUT2D eigenvalue weighted by Gasteiger charge is -2.17. The maximum Gasteiger partial charge on any atom is 0.573 e. The van der Waals surface area contributed by atoms with Crippen LogP contribution in [-0.4, -0.2) is 30.2 Å². The van der Waals surface area contributed by atoms with E-state index >= 15 is 0 Å². The highest BCUT2D eigenvalue weighted by Gasteiger charge is 2.32. The molecule has 2 rings (SSSR count). The number of benzene rings is 1. The van der Waals surface area contributed by atoms with Crippen LogP contribution in [0, 0.1) is 17.1 Å². The number of nitrogens with one attached hydrogen (secondary N) is 2. The van der Waals surface area contributed by atoms with Crippen molar-refractivity contribution < 1.29 is 27.0 Å². The third kappa shape index (κ3) is 12.6. The van der Waals surface area contributed by atoms with E-state index in [-0.39, 0.29) is 17.4 Å². The first kappa shape index (κ1) is 33.4. The Morgan fingerprint density at radius 2 is 1.90 bits per heavy atom. The highest BCUT2D eigenvalue weighted by molar-refractivity contribution is 5.85. The van der Waals surface area contributed by atoms with Gasteiger partial charge in [0.25, 0.3) is 0 Å². The van der Waals surface area contributed by atoms with E-state index in [1.807, 2.05) is 19.9 Å². The molecule has 1 aromatic heterocycles. The van der Waals surface area contributed by atoms with Crippen molar-refractivity contribution in [2.75, 3.05) is 12.4 Å². The lowest BCUT2D eigenvalue weighted by Crippen LogP contribution is -2.17. The molecule has 0 saturated carbocycles. The molecule has 39 heavy (non-hydrogen) atoms. The van der Waals surface area contributed by atoms with E-state index in [2.05, 4.69) is 28.9 Å². The predicted octanol–water partition coefficient (Wildman–Crippen LogP) is 8.21. The van der Waals surface area contributed by atoms with Crippen molar-refractivity contribution in [2.24, 2.45) is 16.6 Å². The quantitative estimate of drug-likeness (QED) is 0.140. The van der Waals surface area contributed by atoms with Crippen molar-refractivity contribution in [2.45, 2.75) is 72.6 Å². The average Bonchev–Trinajstić information content (AvgIpc) is 2.88. The van der Waals surface area contributed by atoms with Crippen LogP contribution in [0.15, 0.2) is 47.6 Å². The van der Waals surface area contributed by atoms with Crippen LogP contribution in [0.25, 0.3) is 5.70 Å². The number of allylic oxidation sites excluding steroid dienone is 1. The summed E-state index contributed by atoms with van der Waals surface area (Å²) in [6.07, 6.45) is 4.35. The molecule has 2 aromatic rings. The highest BCUT2D eigenvalue weighted by atomic mass is 19.4. The number of anilines is 2. The van der Waals surface area contributed by atoms with Gasteiger partial charge in [-0.15, -0.1) is 13.2 Å². The van der Waals surface area contributed by atoms with Crippen LogP contribution in [0.3, 0.4) is 0 Å². The summed E-state index contributed by atoms with van der Waals surface area (Å²) < 4.78 is 60.0. The van der Waals surface area contributed by atoms with Crippen molar-refractivity contribution in [3.05, 3.63) is 54.0 Å². The molecule has 0 bridgehead atoms. The summed E-state index contributed by atoms with van der Waals surface area (Å²) in [7, 11) is 1.62. The van der Waals surface area contributed by atoms with E-state index in [4.69, 9.17) is 20.9 Å². The first-order valence-corrected chi connectivity index (χ1v) is 12.9. The Morgan fingerprint density at radius 3 is 2.33 bits per heavy atom. The van der Waals surface area contributed by atoms with E-state index in [0.29, 0.717) is 17.4 Å². The Bertz CT molecular complexity index is 1090. The van der Waals surface area contributed by atoms with Crippen molar-refractivity contribution in [1.82, 2.24) is 4.98 Å². The third-order valence-electron chi connectivity index (χ3n) is 5.47. The number of nitrogens with two attached hydrogens (primary N) is 1. The topological polar surface area (TPSA) is 106 Å². The molecule has 0 radical (unpaired) electrons. The molecule has 0 amide bonds. The fourth-order valence-electron chi connectivity index (χ4n) is 3.49. The molecular formula is C28H39F4N5O2. The first-order valence-electron chi connectivity index (χ1n) is 12.9. The summed E-state index contributed by atoms with van der Waals surface area (Å²) in [5.74, 6) is -0.442. The molecule has 0 spiro atoms. The lowest BCUT2D eigenvalue weighted by molar-refractivity contribution is -0.275. The van der Waals surface area contributed by atoms with Crippen LogP contribution in [0.5, 0.6) is 5.75 Å². The Hall–Kier alpha value is -3.63. The van der Waals surface area contributed by atoms with Gasteiger partial charge in [-0.2, -0.15) is 0 Å². The standard InChI is InChI=1S/C24H29F4N3O2.C4H10N2/c1-5-8-9-16(6-2)23(32-4)31-20(7-3)17-10-13-22(29-15-17)30-18-11-12-21(19(25)14-18)33-24(26,27)28;1-2-3-4(5)6/h7,10-16H,5-6,8-9H2,1-4H3,(H,29,30);2-3H2,1H3,(H3,5,6)/t16-;/m0./s1. The molecule has 0 aliphatic carbocycles. The number of methoxy groups -OCH3 is 1. The molecule has 0 fully saturated rings.